The molecular formula is C19H17N3O4S. The van der Waals surface area contributed by atoms with Crippen LogP contribution in [-0.4, -0.2) is 36.8 Å². The van der Waals surface area contributed by atoms with E-state index in [9.17, 15) is 13.2 Å². The lowest BCUT2D eigenvalue weighted by molar-refractivity contribution is -0.118. The lowest BCUT2D eigenvalue weighted by atomic mass is 10.1. The second-order valence-corrected chi connectivity index (χ2v) is 8.65. The highest BCUT2D eigenvalue weighted by Gasteiger charge is 2.31. The first-order valence-corrected chi connectivity index (χ1v) is 10.1. The van der Waals surface area contributed by atoms with Gasteiger partial charge >= 0.3 is 0 Å². The standard InChI is InChI=1S/C19H17N3O4S/c23-19-11-26-18-6-5-12(9-17(18)21-19)27(24,25)22-8-7-16-14(10-22)13-3-1-2-4-15(13)20-16/h1-6,9,20H,7-8,10-11H2,(H,21,23). The van der Waals surface area contributed by atoms with Crippen molar-refractivity contribution in [1.82, 2.24) is 9.29 Å². The molecule has 0 saturated heterocycles. The number of H-pyrrole nitrogens is 1. The van der Waals surface area contributed by atoms with E-state index in [-0.39, 0.29) is 17.4 Å². The SMILES string of the molecule is O=C1COc2ccc(S(=O)(=O)N3CCc4[nH]c5ccccc5c4C3)cc2N1. The Hall–Kier alpha value is -2.84. The lowest BCUT2D eigenvalue weighted by Crippen LogP contribution is -2.36. The van der Waals surface area contributed by atoms with Crippen molar-refractivity contribution in [3.63, 3.8) is 0 Å². The molecule has 2 aromatic carbocycles. The average molecular weight is 383 g/mol. The van der Waals surface area contributed by atoms with Crippen molar-refractivity contribution in [1.29, 1.82) is 0 Å². The number of ether oxygens (including phenoxy) is 1. The zero-order chi connectivity index (χ0) is 18.6. The van der Waals surface area contributed by atoms with E-state index in [1.54, 1.807) is 6.07 Å². The summed E-state index contributed by atoms with van der Waals surface area (Å²) in [6, 6.07) is 12.5. The highest BCUT2D eigenvalue weighted by atomic mass is 32.2. The fraction of sp³-hybridized carbons (Fsp3) is 0.211. The maximum Gasteiger partial charge on any atom is 0.262 e. The third-order valence-corrected chi connectivity index (χ3v) is 6.91. The van der Waals surface area contributed by atoms with Gasteiger partial charge in [0, 0.05) is 36.1 Å². The number of para-hydroxylation sites is 1. The number of nitrogens with zero attached hydrogens (tertiary/aromatic N) is 1. The fourth-order valence-corrected chi connectivity index (χ4v) is 5.15. The minimum Gasteiger partial charge on any atom is -0.482 e. The molecule has 0 aliphatic carbocycles. The molecule has 138 valence electrons. The summed E-state index contributed by atoms with van der Waals surface area (Å²) < 4.78 is 33.2. The van der Waals surface area contributed by atoms with Crippen molar-refractivity contribution < 1.29 is 17.9 Å². The topological polar surface area (TPSA) is 91.5 Å². The molecule has 2 aliphatic heterocycles. The number of aromatic nitrogens is 1. The molecule has 27 heavy (non-hydrogen) atoms. The van der Waals surface area contributed by atoms with Crippen LogP contribution in [0.1, 0.15) is 11.3 Å². The molecule has 0 spiro atoms. The average Bonchev–Trinajstić information content (AvgIpc) is 3.05. The Morgan fingerprint density at radius 3 is 2.85 bits per heavy atom. The monoisotopic (exact) mass is 383 g/mol. The van der Waals surface area contributed by atoms with Crippen molar-refractivity contribution >= 4 is 32.5 Å². The van der Waals surface area contributed by atoms with Crippen molar-refractivity contribution in [3.05, 3.63) is 53.7 Å². The van der Waals surface area contributed by atoms with Gasteiger partial charge in [0.25, 0.3) is 5.91 Å². The summed E-state index contributed by atoms with van der Waals surface area (Å²) >= 11 is 0. The van der Waals surface area contributed by atoms with Crippen LogP contribution in [0.25, 0.3) is 10.9 Å². The van der Waals surface area contributed by atoms with Crippen molar-refractivity contribution in [2.75, 3.05) is 18.5 Å². The Kier molecular flexibility index (Phi) is 3.53. The predicted octanol–water partition coefficient (Wildman–Crippen LogP) is 2.25. The number of fused-ring (bicyclic) bond motifs is 4. The second kappa shape index (κ2) is 5.83. The van der Waals surface area contributed by atoms with Crippen LogP contribution in [0, 0.1) is 0 Å². The van der Waals surface area contributed by atoms with Gasteiger partial charge in [0.15, 0.2) is 6.61 Å². The third-order valence-electron chi connectivity index (χ3n) is 5.07. The maximum absolute atomic E-state index is 13.2. The van der Waals surface area contributed by atoms with E-state index in [0.29, 0.717) is 30.9 Å². The van der Waals surface area contributed by atoms with Gasteiger partial charge < -0.3 is 15.0 Å². The summed E-state index contributed by atoms with van der Waals surface area (Å²) in [5, 5.41) is 3.71. The molecule has 0 unspecified atom stereocenters. The van der Waals surface area contributed by atoms with Gasteiger partial charge in [0.1, 0.15) is 5.75 Å². The number of nitrogens with one attached hydrogen (secondary N) is 2. The van der Waals surface area contributed by atoms with Crippen LogP contribution in [-0.2, 0) is 27.8 Å². The highest BCUT2D eigenvalue weighted by Crippen LogP contribution is 2.34. The van der Waals surface area contributed by atoms with Crippen molar-refractivity contribution in [3.8, 4) is 5.75 Å². The van der Waals surface area contributed by atoms with E-state index in [0.717, 1.165) is 22.2 Å². The summed E-state index contributed by atoms with van der Waals surface area (Å²) in [4.78, 5) is 15.1. The molecule has 0 radical (unpaired) electrons. The third kappa shape index (κ3) is 2.60. The van der Waals surface area contributed by atoms with Crippen LogP contribution < -0.4 is 10.1 Å². The summed E-state index contributed by atoms with van der Waals surface area (Å²) in [5.41, 5.74) is 3.52. The van der Waals surface area contributed by atoms with E-state index in [2.05, 4.69) is 10.3 Å². The molecule has 2 aliphatic rings. The van der Waals surface area contributed by atoms with Crippen LogP contribution in [0.3, 0.4) is 0 Å². The van der Waals surface area contributed by atoms with Crippen molar-refractivity contribution in [2.45, 2.75) is 17.9 Å². The lowest BCUT2D eigenvalue weighted by Gasteiger charge is -2.27. The molecule has 0 bridgehead atoms. The zero-order valence-electron chi connectivity index (χ0n) is 14.4. The van der Waals surface area contributed by atoms with E-state index in [1.807, 2.05) is 24.3 Å². The first-order chi connectivity index (χ1) is 13.0. The largest absolute Gasteiger partial charge is 0.482 e. The highest BCUT2D eigenvalue weighted by molar-refractivity contribution is 7.89. The van der Waals surface area contributed by atoms with Crippen LogP contribution in [0.2, 0.25) is 0 Å². The Morgan fingerprint density at radius 1 is 1.11 bits per heavy atom. The quantitative estimate of drug-likeness (QED) is 0.710. The van der Waals surface area contributed by atoms with Gasteiger partial charge in [-0.05, 0) is 29.8 Å². The molecule has 3 aromatic rings. The number of anilines is 1. The van der Waals surface area contributed by atoms with Gasteiger partial charge in [-0.2, -0.15) is 4.31 Å². The molecule has 3 heterocycles. The fourth-order valence-electron chi connectivity index (χ4n) is 3.72. The smallest absolute Gasteiger partial charge is 0.262 e. The van der Waals surface area contributed by atoms with Crippen LogP contribution in [0.15, 0.2) is 47.4 Å². The molecule has 1 amide bonds. The van der Waals surface area contributed by atoms with Crippen LogP contribution >= 0.6 is 0 Å². The Balaban J connectivity index is 1.51. The molecule has 2 N–H and O–H groups in total. The number of hydrogen-bond acceptors (Lipinski definition) is 4. The van der Waals surface area contributed by atoms with E-state index < -0.39 is 10.0 Å². The van der Waals surface area contributed by atoms with Gasteiger partial charge in [-0.15, -0.1) is 0 Å². The Bertz CT molecular complexity index is 1180. The number of carbonyl (C=O) groups excluding carboxylic acids is 1. The predicted molar refractivity (Wildman–Crippen MR) is 100 cm³/mol. The van der Waals surface area contributed by atoms with Crippen LogP contribution in [0.5, 0.6) is 5.75 Å². The summed E-state index contributed by atoms with van der Waals surface area (Å²) in [6.45, 7) is 0.665. The summed E-state index contributed by atoms with van der Waals surface area (Å²) in [5.74, 6) is 0.185. The first kappa shape index (κ1) is 16.3. The number of sulfonamides is 1. The first-order valence-electron chi connectivity index (χ1n) is 8.68. The number of carbonyl (C=O) groups is 1. The van der Waals surface area contributed by atoms with Gasteiger partial charge in [-0.1, -0.05) is 18.2 Å². The normalized spacial score (nSPS) is 17.1. The maximum atomic E-state index is 13.2. The van der Waals surface area contributed by atoms with E-state index in [1.165, 1.54) is 16.4 Å². The van der Waals surface area contributed by atoms with Gasteiger partial charge in [0.2, 0.25) is 10.0 Å². The summed E-state index contributed by atoms with van der Waals surface area (Å²) in [7, 11) is -3.69. The number of hydrogen-bond donors (Lipinski definition) is 2. The minimum absolute atomic E-state index is 0.0610. The Labute approximate surface area is 156 Å². The minimum atomic E-state index is -3.69. The van der Waals surface area contributed by atoms with E-state index in [4.69, 9.17) is 4.74 Å². The van der Waals surface area contributed by atoms with Crippen molar-refractivity contribution in [2.24, 2.45) is 0 Å². The number of rotatable bonds is 2. The molecule has 7 nitrogen and oxygen atoms in total. The molecule has 1 aromatic heterocycles. The van der Waals surface area contributed by atoms with Gasteiger partial charge in [-0.3, -0.25) is 4.79 Å². The number of aromatic amines is 1. The van der Waals surface area contributed by atoms with Gasteiger partial charge in [0.05, 0.1) is 10.6 Å². The number of benzene rings is 2. The molecule has 5 rings (SSSR count). The zero-order valence-corrected chi connectivity index (χ0v) is 15.2. The molecule has 0 atom stereocenters. The molecule has 0 fully saturated rings. The summed E-state index contributed by atoms with van der Waals surface area (Å²) in [6.07, 6.45) is 0.633. The van der Waals surface area contributed by atoms with Gasteiger partial charge in [-0.25, -0.2) is 8.42 Å². The molecular weight excluding hydrogens is 366 g/mol. The molecule has 8 heteroatoms. The van der Waals surface area contributed by atoms with Crippen LogP contribution in [0.4, 0.5) is 5.69 Å². The second-order valence-electron chi connectivity index (χ2n) is 6.71. The van der Waals surface area contributed by atoms with E-state index >= 15 is 0 Å². The Morgan fingerprint density at radius 2 is 1.96 bits per heavy atom. The number of amides is 1. The molecule has 0 saturated carbocycles.